The van der Waals surface area contributed by atoms with Crippen LogP contribution < -0.4 is 9.80 Å². The molecule has 7 nitrogen and oxygen atoms in total. The van der Waals surface area contributed by atoms with Crippen molar-refractivity contribution >= 4 is 17.4 Å². The minimum absolute atomic E-state index is 0.000102. The van der Waals surface area contributed by atoms with Gasteiger partial charge in [0.05, 0.1) is 12.1 Å². The fraction of sp³-hybridized carbons (Fsp3) is 0.200. The van der Waals surface area contributed by atoms with Gasteiger partial charge in [-0.2, -0.15) is 0 Å². The van der Waals surface area contributed by atoms with Gasteiger partial charge in [-0.05, 0) is 30.2 Å². The summed E-state index contributed by atoms with van der Waals surface area (Å²) in [6.45, 7) is 2.95. The van der Waals surface area contributed by atoms with E-state index in [2.05, 4.69) is 42.8 Å². The van der Waals surface area contributed by atoms with Crippen LogP contribution >= 0.6 is 0 Å². The first-order valence-electron chi connectivity index (χ1n) is 10.9. The molecule has 158 valence electrons. The van der Waals surface area contributed by atoms with Crippen molar-refractivity contribution < 1.29 is 4.79 Å². The van der Waals surface area contributed by atoms with Gasteiger partial charge in [-0.25, -0.2) is 4.98 Å². The molecule has 0 fully saturated rings. The first-order chi connectivity index (χ1) is 15.8. The number of hydrogen-bond donors (Lipinski definition) is 0. The topological polar surface area (TPSA) is 67.2 Å². The number of para-hydroxylation sites is 1. The molecule has 0 radical (unpaired) electrons. The maximum atomic E-state index is 13.0. The number of aromatic nitrogens is 4. The molecule has 7 heteroatoms. The van der Waals surface area contributed by atoms with Gasteiger partial charge in [0.2, 0.25) is 0 Å². The van der Waals surface area contributed by atoms with E-state index in [4.69, 9.17) is 0 Å². The number of carbonyl (C=O) groups is 1. The maximum Gasteiger partial charge on any atom is 0.259 e. The van der Waals surface area contributed by atoms with Gasteiger partial charge in [0.15, 0.2) is 11.6 Å². The van der Waals surface area contributed by atoms with Crippen LogP contribution in [0.2, 0.25) is 0 Å². The van der Waals surface area contributed by atoms with E-state index in [0.29, 0.717) is 18.7 Å². The Balaban J connectivity index is 1.19. The first-order valence-corrected chi connectivity index (χ1v) is 10.9. The minimum atomic E-state index is -0.000102. The van der Waals surface area contributed by atoms with Crippen molar-refractivity contribution in [2.45, 2.75) is 19.5 Å². The number of nitrogens with zero attached hydrogens (tertiary/aromatic N) is 6. The van der Waals surface area contributed by atoms with E-state index in [1.807, 2.05) is 53.4 Å². The number of rotatable bonds is 3. The number of carbonyl (C=O) groups excluding carboxylic acids is 1. The molecule has 2 aromatic carbocycles. The second kappa shape index (κ2) is 7.60. The van der Waals surface area contributed by atoms with Gasteiger partial charge in [-0.15, -0.1) is 10.2 Å². The van der Waals surface area contributed by atoms with E-state index in [-0.39, 0.29) is 5.91 Å². The molecule has 0 atom stereocenters. The lowest BCUT2D eigenvalue weighted by Crippen LogP contribution is -2.34. The number of amides is 1. The molecule has 0 saturated heterocycles. The zero-order valence-corrected chi connectivity index (χ0v) is 17.6. The molecular weight excluding hydrogens is 400 g/mol. The summed E-state index contributed by atoms with van der Waals surface area (Å²) in [7, 11) is 0. The monoisotopic (exact) mass is 422 g/mol. The molecule has 0 unspecified atom stereocenters. The van der Waals surface area contributed by atoms with Crippen molar-refractivity contribution in [1.82, 2.24) is 19.7 Å². The molecule has 2 aliphatic rings. The van der Waals surface area contributed by atoms with Crippen LogP contribution in [-0.2, 0) is 19.5 Å². The molecule has 1 amide bonds. The average Bonchev–Trinajstić information content (AvgIpc) is 3.48. The predicted molar refractivity (Wildman–Crippen MR) is 123 cm³/mol. The fourth-order valence-corrected chi connectivity index (χ4v) is 4.56. The summed E-state index contributed by atoms with van der Waals surface area (Å²) in [4.78, 5) is 21.7. The van der Waals surface area contributed by atoms with Crippen LogP contribution in [0.15, 0.2) is 72.9 Å². The Morgan fingerprint density at radius 2 is 1.69 bits per heavy atom. The maximum absolute atomic E-state index is 13.0. The Bertz CT molecular complexity index is 1280. The van der Waals surface area contributed by atoms with Gasteiger partial charge in [-0.3, -0.25) is 4.79 Å². The predicted octanol–water partition coefficient (Wildman–Crippen LogP) is 3.56. The van der Waals surface area contributed by atoms with E-state index in [1.54, 1.807) is 6.20 Å². The van der Waals surface area contributed by atoms with E-state index in [9.17, 15) is 4.79 Å². The molecule has 4 heterocycles. The summed E-state index contributed by atoms with van der Waals surface area (Å²) in [6, 6.07) is 22.0. The number of pyridine rings is 1. The number of fused-ring (bicyclic) bond motifs is 2. The Morgan fingerprint density at radius 3 is 2.53 bits per heavy atom. The highest BCUT2D eigenvalue weighted by Gasteiger charge is 2.26. The fourth-order valence-electron chi connectivity index (χ4n) is 4.56. The summed E-state index contributed by atoms with van der Waals surface area (Å²) in [5.41, 5.74) is 3.91. The standard InChI is InChI=1S/C25H22N6O/c32-25(30-13-12-18-6-4-5-9-21(18)30)20-10-11-22(26-16-20)29-14-15-31-23(17-29)27-28-24(31)19-7-2-1-3-8-19/h1-11,16H,12-15,17H2. The van der Waals surface area contributed by atoms with Crippen LogP contribution in [-0.4, -0.2) is 38.7 Å². The first kappa shape index (κ1) is 18.7. The number of hydrogen-bond acceptors (Lipinski definition) is 5. The third-order valence-electron chi connectivity index (χ3n) is 6.24. The Morgan fingerprint density at radius 1 is 0.844 bits per heavy atom. The summed E-state index contributed by atoms with van der Waals surface area (Å²) in [5, 5.41) is 8.82. The Kier molecular flexibility index (Phi) is 4.45. The smallest absolute Gasteiger partial charge is 0.259 e. The number of benzene rings is 2. The largest absolute Gasteiger partial charge is 0.347 e. The van der Waals surface area contributed by atoms with Crippen LogP contribution in [0.4, 0.5) is 11.5 Å². The lowest BCUT2D eigenvalue weighted by Gasteiger charge is -2.29. The molecule has 0 saturated carbocycles. The van der Waals surface area contributed by atoms with E-state index < -0.39 is 0 Å². The molecule has 0 spiro atoms. The van der Waals surface area contributed by atoms with Crippen molar-refractivity contribution in [1.29, 1.82) is 0 Å². The molecule has 0 N–H and O–H groups in total. The molecule has 2 aliphatic heterocycles. The summed E-state index contributed by atoms with van der Waals surface area (Å²) in [5.74, 6) is 2.67. The van der Waals surface area contributed by atoms with Crippen molar-refractivity contribution in [2.75, 3.05) is 22.9 Å². The second-order valence-electron chi connectivity index (χ2n) is 8.12. The van der Waals surface area contributed by atoms with Crippen molar-refractivity contribution in [3.63, 3.8) is 0 Å². The van der Waals surface area contributed by atoms with Crippen LogP contribution in [0.25, 0.3) is 11.4 Å². The van der Waals surface area contributed by atoms with E-state index >= 15 is 0 Å². The van der Waals surface area contributed by atoms with Gasteiger partial charge in [-0.1, -0.05) is 48.5 Å². The van der Waals surface area contributed by atoms with Crippen LogP contribution in [0.5, 0.6) is 0 Å². The summed E-state index contributed by atoms with van der Waals surface area (Å²) < 4.78 is 2.18. The normalized spacial score (nSPS) is 14.9. The van der Waals surface area contributed by atoms with Gasteiger partial charge in [0, 0.05) is 37.1 Å². The minimum Gasteiger partial charge on any atom is -0.347 e. The molecule has 32 heavy (non-hydrogen) atoms. The third kappa shape index (κ3) is 3.13. The molecule has 0 aliphatic carbocycles. The highest BCUT2D eigenvalue weighted by molar-refractivity contribution is 6.07. The van der Waals surface area contributed by atoms with Gasteiger partial charge in [0.25, 0.3) is 5.91 Å². The third-order valence-corrected chi connectivity index (χ3v) is 6.24. The van der Waals surface area contributed by atoms with Crippen molar-refractivity contribution in [3.8, 4) is 11.4 Å². The van der Waals surface area contributed by atoms with Crippen molar-refractivity contribution in [2.24, 2.45) is 0 Å². The van der Waals surface area contributed by atoms with E-state index in [0.717, 1.165) is 48.2 Å². The van der Waals surface area contributed by atoms with Crippen LogP contribution in [0.3, 0.4) is 0 Å². The lowest BCUT2D eigenvalue weighted by molar-refractivity contribution is 0.0989. The van der Waals surface area contributed by atoms with Gasteiger partial charge in [0.1, 0.15) is 5.82 Å². The molecule has 0 bridgehead atoms. The van der Waals surface area contributed by atoms with Crippen molar-refractivity contribution in [3.05, 3.63) is 89.9 Å². The molecule has 2 aromatic heterocycles. The average molecular weight is 422 g/mol. The quantitative estimate of drug-likeness (QED) is 0.505. The highest BCUT2D eigenvalue weighted by Crippen LogP contribution is 2.29. The Labute approximate surface area is 186 Å². The molecular formula is C25H22N6O. The van der Waals surface area contributed by atoms with Gasteiger partial charge < -0.3 is 14.4 Å². The lowest BCUT2D eigenvalue weighted by atomic mass is 10.2. The van der Waals surface area contributed by atoms with Crippen LogP contribution in [0.1, 0.15) is 21.7 Å². The van der Waals surface area contributed by atoms with Gasteiger partial charge >= 0.3 is 0 Å². The molecule has 6 rings (SSSR count). The molecule has 4 aromatic rings. The summed E-state index contributed by atoms with van der Waals surface area (Å²) in [6.07, 6.45) is 2.58. The summed E-state index contributed by atoms with van der Waals surface area (Å²) >= 11 is 0. The zero-order chi connectivity index (χ0) is 21.5. The van der Waals surface area contributed by atoms with Crippen LogP contribution in [0, 0.1) is 0 Å². The Hall–Kier alpha value is -4.00. The SMILES string of the molecule is O=C(c1ccc(N2CCn3c(nnc3-c3ccccc3)C2)nc1)N1CCc2ccccc21. The highest BCUT2D eigenvalue weighted by atomic mass is 16.2. The zero-order valence-electron chi connectivity index (χ0n) is 17.6. The second-order valence-corrected chi connectivity index (χ2v) is 8.12. The number of anilines is 2. The van der Waals surface area contributed by atoms with E-state index in [1.165, 1.54) is 5.56 Å².